The fourth-order valence-corrected chi connectivity index (χ4v) is 2.34. The zero-order valence-corrected chi connectivity index (χ0v) is 11.2. The van der Waals surface area contributed by atoms with E-state index >= 15 is 0 Å². The summed E-state index contributed by atoms with van der Waals surface area (Å²) in [6, 6.07) is 4.02. The summed E-state index contributed by atoms with van der Waals surface area (Å²) in [4.78, 5) is 4.28. The molecule has 0 saturated heterocycles. The Balaban J connectivity index is 1.79. The molecule has 0 bridgehead atoms. The molecular formula is C14H22N2O2. The van der Waals surface area contributed by atoms with Crippen molar-refractivity contribution >= 4 is 5.82 Å². The number of pyridine rings is 1. The fourth-order valence-electron chi connectivity index (χ4n) is 2.34. The molecule has 1 fully saturated rings. The molecule has 0 aromatic carbocycles. The highest BCUT2D eigenvalue weighted by Gasteiger charge is 2.22. The van der Waals surface area contributed by atoms with Crippen LogP contribution in [0, 0.1) is 0 Å². The molecule has 4 nitrogen and oxygen atoms in total. The molecule has 0 aliphatic heterocycles. The summed E-state index contributed by atoms with van der Waals surface area (Å²) < 4.78 is 11.3. The maximum Gasteiger partial charge on any atom is 0.125 e. The van der Waals surface area contributed by atoms with Gasteiger partial charge in [0.15, 0.2) is 0 Å². The Bertz CT molecular complexity index is 353. The van der Waals surface area contributed by atoms with E-state index < -0.39 is 0 Å². The van der Waals surface area contributed by atoms with Gasteiger partial charge in [-0.15, -0.1) is 0 Å². The molecule has 4 heteroatoms. The highest BCUT2D eigenvalue weighted by molar-refractivity contribution is 5.34. The Labute approximate surface area is 109 Å². The monoisotopic (exact) mass is 250 g/mol. The van der Waals surface area contributed by atoms with Gasteiger partial charge in [0.2, 0.25) is 0 Å². The van der Waals surface area contributed by atoms with Crippen LogP contribution in [0.4, 0.5) is 5.82 Å². The van der Waals surface area contributed by atoms with E-state index in [0.29, 0.717) is 18.8 Å². The minimum absolute atomic E-state index is 0.327. The molecule has 1 aliphatic carbocycles. The Morgan fingerprint density at radius 2 is 2.17 bits per heavy atom. The predicted molar refractivity (Wildman–Crippen MR) is 71.6 cm³/mol. The molecule has 2 rings (SSSR count). The van der Waals surface area contributed by atoms with Crippen LogP contribution in [0.5, 0.6) is 0 Å². The minimum Gasteiger partial charge on any atom is -0.381 e. The van der Waals surface area contributed by atoms with E-state index in [0.717, 1.165) is 30.6 Å². The normalized spacial score (nSPS) is 23.9. The van der Waals surface area contributed by atoms with E-state index in [1.807, 2.05) is 19.3 Å². The van der Waals surface area contributed by atoms with E-state index in [4.69, 9.17) is 9.47 Å². The molecule has 1 saturated carbocycles. The van der Waals surface area contributed by atoms with Crippen LogP contribution in [0.15, 0.2) is 18.3 Å². The Morgan fingerprint density at radius 3 is 2.83 bits per heavy atom. The summed E-state index contributed by atoms with van der Waals surface area (Å²) in [5, 5.41) is 3.00. The number of rotatable bonds is 5. The zero-order valence-electron chi connectivity index (χ0n) is 11.2. The van der Waals surface area contributed by atoms with Crippen LogP contribution in [0.1, 0.15) is 31.2 Å². The van der Waals surface area contributed by atoms with Crippen LogP contribution < -0.4 is 5.32 Å². The van der Waals surface area contributed by atoms with Crippen LogP contribution in [0.2, 0.25) is 0 Å². The lowest BCUT2D eigenvalue weighted by Crippen LogP contribution is -2.27. The van der Waals surface area contributed by atoms with E-state index in [1.54, 1.807) is 7.11 Å². The van der Waals surface area contributed by atoms with E-state index in [1.165, 1.54) is 6.42 Å². The number of nitrogens with zero attached hydrogens (tertiary/aromatic N) is 1. The molecule has 0 spiro atoms. The lowest BCUT2D eigenvalue weighted by atomic mass is 9.95. The van der Waals surface area contributed by atoms with E-state index in [9.17, 15) is 0 Å². The number of nitrogens with one attached hydrogen (secondary N) is 1. The van der Waals surface area contributed by atoms with Crippen molar-refractivity contribution in [2.24, 2.45) is 0 Å². The molecule has 1 aliphatic rings. The van der Waals surface area contributed by atoms with Crippen molar-refractivity contribution < 1.29 is 9.47 Å². The van der Waals surface area contributed by atoms with Gasteiger partial charge in [-0.25, -0.2) is 4.98 Å². The first-order valence-electron chi connectivity index (χ1n) is 6.59. The smallest absolute Gasteiger partial charge is 0.125 e. The molecular weight excluding hydrogens is 228 g/mol. The number of hydrogen-bond donors (Lipinski definition) is 1. The van der Waals surface area contributed by atoms with Crippen molar-refractivity contribution in [2.45, 2.75) is 44.5 Å². The molecule has 1 aromatic heterocycles. The van der Waals surface area contributed by atoms with Gasteiger partial charge >= 0.3 is 0 Å². The summed E-state index contributed by atoms with van der Waals surface area (Å²) in [5.74, 6) is 0.885. The van der Waals surface area contributed by atoms with Gasteiger partial charge < -0.3 is 14.8 Å². The van der Waals surface area contributed by atoms with Crippen LogP contribution in [0.3, 0.4) is 0 Å². The fraction of sp³-hybridized carbons (Fsp3) is 0.643. The third kappa shape index (κ3) is 3.68. The van der Waals surface area contributed by atoms with Gasteiger partial charge in [-0.2, -0.15) is 0 Å². The molecule has 1 aromatic rings. The lowest BCUT2D eigenvalue weighted by molar-refractivity contribution is -0.0364. The second kappa shape index (κ2) is 6.71. The third-order valence-electron chi connectivity index (χ3n) is 3.48. The first kappa shape index (κ1) is 13.3. The Kier molecular flexibility index (Phi) is 4.96. The molecule has 2 atom stereocenters. The van der Waals surface area contributed by atoms with Crippen LogP contribution in [0.25, 0.3) is 0 Å². The Hall–Kier alpha value is -1.13. The van der Waals surface area contributed by atoms with Crippen molar-refractivity contribution in [3.05, 3.63) is 23.9 Å². The maximum absolute atomic E-state index is 5.93. The van der Waals surface area contributed by atoms with Gasteiger partial charge in [0.1, 0.15) is 5.82 Å². The van der Waals surface area contributed by atoms with Crippen LogP contribution in [-0.4, -0.2) is 31.3 Å². The second-order valence-electron chi connectivity index (χ2n) is 4.76. The van der Waals surface area contributed by atoms with Gasteiger partial charge in [-0.05, 0) is 37.3 Å². The van der Waals surface area contributed by atoms with E-state index in [2.05, 4.69) is 16.4 Å². The summed E-state index contributed by atoms with van der Waals surface area (Å²) in [6.45, 7) is 0.637. The Morgan fingerprint density at radius 1 is 1.33 bits per heavy atom. The molecule has 18 heavy (non-hydrogen) atoms. The second-order valence-corrected chi connectivity index (χ2v) is 4.76. The van der Waals surface area contributed by atoms with Crippen molar-refractivity contribution in [2.75, 3.05) is 19.5 Å². The maximum atomic E-state index is 5.93. The number of aromatic nitrogens is 1. The minimum atomic E-state index is 0.327. The highest BCUT2D eigenvalue weighted by Crippen LogP contribution is 2.23. The van der Waals surface area contributed by atoms with Gasteiger partial charge in [0.25, 0.3) is 0 Å². The molecule has 2 unspecified atom stereocenters. The van der Waals surface area contributed by atoms with Gasteiger partial charge in [0, 0.05) is 20.4 Å². The number of ether oxygens (including phenoxy) is 2. The van der Waals surface area contributed by atoms with Crippen LogP contribution in [-0.2, 0) is 16.1 Å². The SMILES string of the molecule is CNc1ccc(COC2CCCC(OC)C2)cn1. The summed E-state index contributed by atoms with van der Waals surface area (Å²) >= 11 is 0. The topological polar surface area (TPSA) is 43.4 Å². The first-order chi connectivity index (χ1) is 8.81. The summed E-state index contributed by atoms with van der Waals surface area (Å²) in [5.41, 5.74) is 1.12. The van der Waals surface area contributed by atoms with E-state index in [-0.39, 0.29) is 0 Å². The molecule has 0 radical (unpaired) electrons. The standard InChI is InChI=1S/C14H22N2O2/c1-15-14-7-6-11(9-16-14)10-18-13-5-3-4-12(8-13)17-2/h6-7,9,12-13H,3-5,8,10H2,1-2H3,(H,15,16). The first-order valence-corrected chi connectivity index (χ1v) is 6.59. The van der Waals surface area contributed by atoms with Gasteiger partial charge in [-0.1, -0.05) is 6.07 Å². The van der Waals surface area contributed by atoms with Crippen molar-refractivity contribution in [3.8, 4) is 0 Å². The molecule has 100 valence electrons. The summed E-state index contributed by atoms with van der Waals surface area (Å²) in [7, 11) is 3.65. The van der Waals surface area contributed by atoms with Gasteiger partial charge in [0.05, 0.1) is 18.8 Å². The number of anilines is 1. The predicted octanol–water partition coefficient (Wildman–Crippen LogP) is 2.60. The average molecular weight is 250 g/mol. The zero-order chi connectivity index (χ0) is 12.8. The molecule has 1 heterocycles. The molecule has 1 N–H and O–H groups in total. The van der Waals surface area contributed by atoms with Crippen LogP contribution >= 0.6 is 0 Å². The summed E-state index contributed by atoms with van der Waals surface area (Å²) in [6.07, 6.45) is 7.07. The highest BCUT2D eigenvalue weighted by atomic mass is 16.5. The average Bonchev–Trinajstić information content (AvgIpc) is 2.46. The van der Waals surface area contributed by atoms with Crippen molar-refractivity contribution in [1.82, 2.24) is 4.98 Å². The molecule has 0 amide bonds. The lowest BCUT2D eigenvalue weighted by Gasteiger charge is -2.28. The van der Waals surface area contributed by atoms with Crippen molar-refractivity contribution in [3.63, 3.8) is 0 Å². The number of methoxy groups -OCH3 is 1. The largest absolute Gasteiger partial charge is 0.381 e. The quantitative estimate of drug-likeness (QED) is 0.872. The van der Waals surface area contributed by atoms with Gasteiger partial charge in [-0.3, -0.25) is 0 Å². The number of hydrogen-bond acceptors (Lipinski definition) is 4. The third-order valence-corrected chi connectivity index (χ3v) is 3.48. The van der Waals surface area contributed by atoms with Crippen molar-refractivity contribution in [1.29, 1.82) is 0 Å².